The zero-order valence-corrected chi connectivity index (χ0v) is 15.3. The van der Waals surface area contributed by atoms with Crippen LogP contribution < -0.4 is 5.32 Å². The molecule has 0 spiro atoms. The van der Waals surface area contributed by atoms with Crippen LogP contribution in [0.1, 0.15) is 13.0 Å². The van der Waals surface area contributed by atoms with E-state index in [0.717, 1.165) is 22.5 Å². The number of benzene rings is 1. The first kappa shape index (κ1) is 17.0. The molecular weight excluding hydrogens is 360 g/mol. The van der Waals surface area contributed by atoms with Gasteiger partial charge in [-0.05, 0) is 19.1 Å². The lowest BCUT2D eigenvalue weighted by molar-refractivity contribution is -0.119. The molecule has 0 aliphatic heterocycles. The van der Waals surface area contributed by atoms with E-state index in [0.29, 0.717) is 5.13 Å². The van der Waals surface area contributed by atoms with Crippen molar-refractivity contribution in [2.75, 3.05) is 5.32 Å². The minimum atomic E-state index is -0.453. The number of nitrogens with zero attached hydrogens (tertiary/aromatic N) is 5. The molecule has 0 aliphatic rings. The van der Waals surface area contributed by atoms with E-state index >= 15 is 0 Å². The summed E-state index contributed by atoms with van der Waals surface area (Å²) in [5.74, 6) is -0.159. The highest BCUT2D eigenvalue weighted by atomic mass is 32.1. The second-order valence-corrected chi connectivity index (χ2v) is 6.75. The molecule has 4 rings (SSSR count). The number of hydrogen-bond donors (Lipinski definition) is 1. The predicted molar refractivity (Wildman–Crippen MR) is 104 cm³/mol. The molecule has 1 N–H and O–H groups in total. The first-order valence-corrected chi connectivity index (χ1v) is 9.21. The maximum atomic E-state index is 12.4. The highest BCUT2D eigenvalue weighted by Gasteiger charge is 2.17. The Bertz CT molecular complexity index is 1050. The fourth-order valence-electron chi connectivity index (χ4n) is 2.61. The fourth-order valence-corrected chi connectivity index (χ4v) is 3.14. The number of thiazole rings is 1. The number of aromatic nitrogens is 5. The largest absolute Gasteiger partial charge is 0.300 e. The molecule has 3 aromatic heterocycles. The first-order chi connectivity index (χ1) is 13.2. The van der Waals surface area contributed by atoms with Crippen LogP contribution in [-0.4, -0.2) is 30.6 Å². The van der Waals surface area contributed by atoms with E-state index in [1.54, 1.807) is 42.6 Å². The highest BCUT2D eigenvalue weighted by molar-refractivity contribution is 7.13. The van der Waals surface area contributed by atoms with Crippen molar-refractivity contribution in [3.63, 3.8) is 0 Å². The molecule has 3 heterocycles. The maximum Gasteiger partial charge on any atom is 0.250 e. The lowest BCUT2D eigenvalue weighted by atomic mass is 10.1. The van der Waals surface area contributed by atoms with Crippen LogP contribution in [0.5, 0.6) is 0 Å². The van der Waals surface area contributed by atoms with Crippen molar-refractivity contribution >= 4 is 22.4 Å². The molecule has 8 heteroatoms. The van der Waals surface area contributed by atoms with Crippen molar-refractivity contribution in [3.8, 4) is 22.5 Å². The lowest BCUT2D eigenvalue weighted by Gasteiger charge is -2.11. The Labute approximate surface area is 159 Å². The molecule has 0 radical (unpaired) electrons. The molecule has 1 amide bonds. The molecule has 1 atom stereocenters. The summed E-state index contributed by atoms with van der Waals surface area (Å²) in [7, 11) is 0. The number of anilines is 1. The summed E-state index contributed by atoms with van der Waals surface area (Å²) in [5.41, 5.74) is 3.50. The number of carbonyl (C=O) groups excluding carboxylic acids is 1. The van der Waals surface area contributed by atoms with Gasteiger partial charge in [0.15, 0.2) is 5.13 Å². The molecule has 1 aromatic carbocycles. The van der Waals surface area contributed by atoms with Gasteiger partial charge in [0.1, 0.15) is 6.04 Å². The zero-order valence-electron chi connectivity index (χ0n) is 14.5. The van der Waals surface area contributed by atoms with Gasteiger partial charge in [0.2, 0.25) is 0 Å². The van der Waals surface area contributed by atoms with Crippen LogP contribution in [0.4, 0.5) is 5.13 Å². The highest BCUT2D eigenvalue weighted by Crippen LogP contribution is 2.24. The summed E-state index contributed by atoms with van der Waals surface area (Å²) < 4.78 is 1.65. The third-order valence-electron chi connectivity index (χ3n) is 4.06. The Morgan fingerprint density at radius 1 is 1.11 bits per heavy atom. The molecule has 4 aromatic rings. The van der Waals surface area contributed by atoms with Crippen molar-refractivity contribution in [2.45, 2.75) is 13.0 Å². The monoisotopic (exact) mass is 376 g/mol. The lowest BCUT2D eigenvalue weighted by Crippen LogP contribution is -2.24. The van der Waals surface area contributed by atoms with E-state index < -0.39 is 6.04 Å². The Balaban J connectivity index is 1.55. The van der Waals surface area contributed by atoms with Crippen LogP contribution in [0.15, 0.2) is 66.7 Å². The minimum Gasteiger partial charge on any atom is -0.300 e. The van der Waals surface area contributed by atoms with E-state index in [9.17, 15) is 4.79 Å². The van der Waals surface area contributed by atoms with E-state index in [1.165, 1.54) is 11.3 Å². The average molecular weight is 376 g/mol. The standard InChI is InChI=1S/C19H16N6OS/c1-13(18(26)23-19-22-8-10-27-19)25-9-5-16(24-25)14-3-2-4-15(11-14)17-12-20-6-7-21-17/h2-13H,1H3,(H,22,23,26)/t13-/m1/s1. The van der Waals surface area contributed by atoms with Gasteiger partial charge in [-0.15, -0.1) is 11.3 Å². The molecule has 134 valence electrons. The second-order valence-electron chi connectivity index (χ2n) is 5.85. The normalized spacial score (nSPS) is 11.9. The van der Waals surface area contributed by atoms with Gasteiger partial charge in [-0.1, -0.05) is 18.2 Å². The second kappa shape index (κ2) is 7.46. The number of amides is 1. The summed E-state index contributed by atoms with van der Waals surface area (Å²) in [5, 5.41) is 9.76. The van der Waals surface area contributed by atoms with Crippen molar-refractivity contribution in [3.05, 3.63) is 66.7 Å². The zero-order chi connectivity index (χ0) is 18.6. The van der Waals surface area contributed by atoms with Gasteiger partial charge in [0, 0.05) is 41.3 Å². The predicted octanol–water partition coefficient (Wildman–Crippen LogP) is 3.66. The third-order valence-corrected chi connectivity index (χ3v) is 4.75. The van der Waals surface area contributed by atoms with Crippen molar-refractivity contribution in [1.29, 1.82) is 0 Å². The fraction of sp³-hybridized carbons (Fsp3) is 0.105. The molecule has 0 unspecified atom stereocenters. The van der Waals surface area contributed by atoms with Crippen molar-refractivity contribution in [1.82, 2.24) is 24.7 Å². The Kier molecular flexibility index (Phi) is 4.71. The summed E-state index contributed by atoms with van der Waals surface area (Å²) >= 11 is 1.38. The van der Waals surface area contributed by atoms with E-state index in [1.807, 2.05) is 35.7 Å². The average Bonchev–Trinajstić information content (AvgIpc) is 3.40. The molecule has 27 heavy (non-hydrogen) atoms. The van der Waals surface area contributed by atoms with E-state index in [-0.39, 0.29) is 5.91 Å². The SMILES string of the molecule is C[C@H](C(=O)Nc1nccs1)n1ccc(-c2cccc(-c3cnccn3)c2)n1. The summed E-state index contributed by atoms with van der Waals surface area (Å²) in [6.45, 7) is 1.80. The van der Waals surface area contributed by atoms with Gasteiger partial charge in [-0.2, -0.15) is 5.10 Å². The van der Waals surface area contributed by atoms with Crippen LogP contribution in [-0.2, 0) is 4.79 Å². The number of nitrogens with one attached hydrogen (secondary N) is 1. The Morgan fingerprint density at radius 3 is 2.70 bits per heavy atom. The molecule has 0 saturated heterocycles. The number of hydrogen-bond acceptors (Lipinski definition) is 6. The van der Waals surface area contributed by atoms with Gasteiger partial charge >= 0.3 is 0 Å². The minimum absolute atomic E-state index is 0.159. The molecule has 0 saturated carbocycles. The number of carbonyl (C=O) groups is 1. The summed E-state index contributed by atoms with van der Waals surface area (Å²) in [6.07, 6.45) is 8.49. The summed E-state index contributed by atoms with van der Waals surface area (Å²) in [6, 6.07) is 9.36. The van der Waals surface area contributed by atoms with Crippen LogP contribution in [0.3, 0.4) is 0 Å². The van der Waals surface area contributed by atoms with Crippen molar-refractivity contribution < 1.29 is 4.79 Å². The molecule has 0 aliphatic carbocycles. The van der Waals surface area contributed by atoms with Crippen LogP contribution in [0.25, 0.3) is 22.5 Å². The molecule has 0 bridgehead atoms. The smallest absolute Gasteiger partial charge is 0.250 e. The molecular formula is C19H16N6OS. The van der Waals surface area contributed by atoms with Gasteiger partial charge < -0.3 is 5.32 Å². The summed E-state index contributed by atoms with van der Waals surface area (Å²) in [4.78, 5) is 24.9. The third kappa shape index (κ3) is 3.75. The quantitative estimate of drug-likeness (QED) is 0.574. The molecule has 7 nitrogen and oxygen atoms in total. The van der Waals surface area contributed by atoms with Gasteiger partial charge in [0.05, 0.1) is 17.6 Å². The Morgan fingerprint density at radius 2 is 1.96 bits per heavy atom. The van der Waals surface area contributed by atoms with Crippen LogP contribution >= 0.6 is 11.3 Å². The van der Waals surface area contributed by atoms with Crippen LogP contribution in [0.2, 0.25) is 0 Å². The first-order valence-electron chi connectivity index (χ1n) is 8.33. The van der Waals surface area contributed by atoms with Crippen molar-refractivity contribution in [2.24, 2.45) is 0 Å². The maximum absolute atomic E-state index is 12.4. The number of rotatable bonds is 5. The Hall–Kier alpha value is -3.39. The molecule has 0 fully saturated rings. The van der Waals surface area contributed by atoms with E-state index in [2.05, 4.69) is 25.4 Å². The van der Waals surface area contributed by atoms with Gasteiger partial charge in [0.25, 0.3) is 5.91 Å². The van der Waals surface area contributed by atoms with Gasteiger partial charge in [-0.3, -0.25) is 19.4 Å². The van der Waals surface area contributed by atoms with E-state index in [4.69, 9.17) is 0 Å². The van der Waals surface area contributed by atoms with Gasteiger partial charge in [-0.25, -0.2) is 4.98 Å². The topological polar surface area (TPSA) is 85.6 Å². The van der Waals surface area contributed by atoms with Crippen LogP contribution in [0, 0.1) is 0 Å².